The molecule has 3 rings (SSSR count). The minimum atomic E-state index is 0.779. The minimum absolute atomic E-state index is 0.779. The Hall–Kier alpha value is -1.35. The summed E-state index contributed by atoms with van der Waals surface area (Å²) >= 11 is 1.56. The van der Waals surface area contributed by atoms with E-state index in [-0.39, 0.29) is 0 Å². The maximum Gasteiger partial charge on any atom is 0.114 e. The van der Waals surface area contributed by atoms with Gasteiger partial charge in [0.25, 0.3) is 0 Å². The first-order valence-corrected chi connectivity index (χ1v) is 6.39. The summed E-state index contributed by atoms with van der Waals surface area (Å²) in [5, 5.41) is 1.86. The third kappa shape index (κ3) is 1.71. The van der Waals surface area contributed by atoms with Gasteiger partial charge in [-0.05, 0) is 37.3 Å². The van der Waals surface area contributed by atoms with E-state index < -0.39 is 0 Å². The molecule has 1 aromatic carbocycles. The Morgan fingerprint density at radius 2 is 2.19 bits per heavy atom. The van der Waals surface area contributed by atoms with Gasteiger partial charge in [0.1, 0.15) is 10.7 Å². The van der Waals surface area contributed by atoms with Crippen molar-refractivity contribution >= 4 is 16.3 Å². The van der Waals surface area contributed by atoms with E-state index in [1.807, 2.05) is 6.92 Å². The molecule has 0 amide bonds. The topological polar surface area (TPSA) is 38.9 Å². The lowest BCUT2D eigenvalue weighted by atomic mass is 10.1. The van der Waals surface area contributed by atoms with E-state index in [0.717, 1.165) is 27.2 Å². The number of nitrogens with zero attached hydrogens (tertiary/aromatic N) is 1. The lowest BCUT2D eigenvalue weighted by Gasteiger charge is -2.02. The Balaban J connectivity index is 2.05. The Bertz CT molecular complexity index is 526. The fourth-order valence-electron chi connectivity index (χ4n) is 2.01. The highest BCUT2D eigenvalue weighted by atomic mass is 32.1. The van der Waals surface area contributed by atoms with Gasteiger partial charge >= 0.3 is 0 Å². The Kier molecular flexibility index (Phi) is 2.21. The molecule has 0 unspecified atom stereocenters. The first-order valence-electron chi connectivity index (χ1n) is 5.57. The second kappa shape index (κ2) is 3.59. The van der Waals surface area contributed by atoms with Crippen molar-refractivity contribution in [3.63, 3.8) is 0 Å². The molecular weight excluding hydrogens is 216 g/mol. The largest absolute Gasteiger partial charge is 0.389 e. The summed E-state index contributed by atoms with van der Waals surface area (Å²) in [6.07, 6.45) is 2.66. The van der Waals surface area contributed by atoms with Gasteiger partial charge < -0.3 is 5.73 Å². The predicted molar refractivity (Wildman–Crippen MR) is 68.7 cm³/mol. The van der Waals surface area contributed by atoms with E-state index in [1.54, 1.807) is 11.3 Å². The molecule has 3 heteroatoms. The van der Waals surface area contributed by atoms with Crippen LogP contribution in [0.1, 0.15) is 29.3 Å². The van der Waals surface area contributed by atoms with Crippen molar-refractivity contribution in [2.24, 2.45) is 0 Å². The third-order valence-corrected chi connectivity index (χ3v) is 3.77. The highest BCUT2D eigenvalue weighted by Crippen LogP contribution is 2.41. The zero-order valence-corrected chi connectivity index (χ0v) is 10.1. The number of nitrogens with two attached hydrogens (primary N) is 1. The minimum Gasteiger partial charge on any atom is -0.389 e. The molecule has 82 valence electrons. The Labute approximate surface area is 99.1 Å². The number of aryl methyl sites for hydroxylation is 1. The second-order valence-electron chi connectivity index (χ2n) is 4.35. The fourth-order valence-corrected chi connectivity index (χ4v) is 2.72. The summed E-state index contributed by atoms with van der Waals surface area (Å²) in [4.78, 5) is 4.49. The van der Waals surface area contributed by atoms with Crippen molar-refractivity contribution < 1.29 is 0 Å². The van der Waals surface area contributed by atoms with E-state index in [1.165, 1.54) is 18.4 Å². The molecule has 2 nitrogen and oxygen atoms in total. The molecule has 1 aromatic heterocycles. The van der Waals surface area contributed by atoms with Gasteiger partial charge in [-0.15, -0.1) is 11.3 Å². The van der Waals surface area contributed by atoms with Crippen molar-refractivity contribution in [1.82, 2.24) is 4.98 Å². The SMILES string of the molecule is Cc1nc(-c2cccc(C3CC3)c2)c(N)s1. The van der Waals surface area contributed by atoms with Gasteiger partial charge in [0.05, 0.1) is 5.01 Å². The second-order valence-corrected chi connectivity index (χ2v) is 5.58. The zero-order chi connectivity index (χ0) is 11.1. The van der Waals surface area contributed by atoms with E-state index in [9.17, 15) is 0 Å². The van der Waals surface area contributed by atoms with Crippen LogP contribution in [-0.4, -0.2) is 4.98 Å². The Morgan fingerprint density at radius 3 is 2.81 bits per heavy atom. The normalized spacial score (nSPS) is 15.3. The van der Waals surface area contributed by atoms with Crippen LogP contribution in [0.4, 0.5) is 5.00 Å². The average molecular weight is 230 g/mol. The van der Waals surface area contributed by atoms with Crippen molar-refractivity contribution in [2.45, 2.75) is 25.7 Å². The van der Waals surface area contributed by atoms with Gasteiger partial charge in [0, 0.05) is 5.56 Å². The van der Waals surface area contributed by atoms with Crippen molar-refractivity contribution in [3.8, 4) is 11.3 Å². The lowest BCUT2D eigenvalue weighted by molar-refractivity contribution is 1.13. The molecule has 1 heterocycles. The predicted octanol–water partition coefficient (Wildman–Crippen LogP) is 3.58. The molecule has 2 aromatic rings. The van der Waals surface area contributed by atoms with E-state index in [4.69, 9.17) is 5.73 Å². The van der Waals surface area contributed by atoms with E-state index in [2.05, 4.69) is 29.2 Å². The molecule has 0 bridgehead atoms. The van der Waals surface area contributed by atoms with E-state index in [0.29, 0.717) is 0 Å². The lowest BCUT2D eigenvalue weighted by Crippen LogP contribution is -1.87. The monoisotopic (exact) mass is 230 g/mol. The van der Waals surface area contributed by atoms with Crippen LogP contribution in [0.5, 0.6) is 0 Å². The van der Waals surface area contributed by atoms with Crippen LogP contribution in [0.15, 0.2) is 24.3 Å². The number of aromatic nitrogens is 1. The first-order chi connectivity index (χ1) is 7.74. The molecule has 0 aliphatic heterocycles. The smallest absolute Gasteiger partial charge is 0.114 e. The molecule has 0 spiro atoms. The molecule has 2 N–H and O–H groups in total. The van der Waals surface area contributed by atoms with Crippen molar-refractivity contribution in [2.75, 3.05) is 5.73 Å². The van der Waals surface area contributed by atoms with Gasteiger partial charge in [0.15, 0.2) is 0 Å². The summed E-state index contributed by atoms with van der Waals surface area (Å²) in [5.41, 5.74) is 9.51. The van der Waals surface area contributed by atoms with Crippen LogP contribution < -0.4 is 5.73 Å². The maximum absolute atomic E-state index is 5.97. The molecular formula is C13H14N2S. The average Bonchev–Trinajstić information content (AvgIpc) is 3.05. The molecule has 1 aliphatic rings. The van der Waals surface area contributed by atoms with Gasteiger partial charge in [0.2, 0.25) is 0 Å². The fraction of sp³-hybridized carbons (Fsp3) is 0.308. The van der Waals surface area contributed by atoms with Crippen LogP contribution in [0, 0.1) is 6.92 Å². The summed E-state index contributed by atoms with van der Waals surface area (Å²) in [5.74, 6) is 0.779. The number of rotatable bonds is 2. The third-order valence-electron chi connectivity index (χ3n) is 2.97. The summed E-state index contributed by atoms with van der Waals surface area (Å²) in [6.45, 7) is 2.00. The quantitative estimate of drug-likeness (QED) is 0.856. The highest BCUT2D eigenvalue weighted by molar-refractivity contribution is 7.16. The number of nitrogen functional groups attached to an aromatic ring is 1. The number of anilines is 1. The van der Waals surface area contributed by atoms with E-state index >= 15 is 0 Å². The highest BCUT2D eigenvalue weighted by Gasteiger charge is 2.23. The van der Waals surface area contributed by atoms with Crippen LogP contribution in [-0.2, 0) is 0 Å². The van der Waals surface area contributed by atoms with Gasteiger partial charge in [-0.1, -0.05) is 18.2 Å². The van der Waals surface area contributed by atoms with Crippen LogP contribution in [0.25, 0.3) is 11.3 Å². The van der Waals surface area contributed by atoms with Gasteiger partial charge in [-0.3, -0.25) is 0 Å². The molecule has 0 saturated heterocycles. The molecule has 1 aliphatic carbocycles. The maximum atomic E-state index is 5.97. The number of hydrogen-bond acceptors (Lipinski definition) is 3. The van der Waals surface area contributed by atoms with Crippen molar-refractivity contribution in [3.05, 3.63) is 34.8 Å². The number of hydrogen-bond donors (Lipinski definition) is 1. The van der Waals surface area contributed by atoms with Gasteiger partial charge in [-0.2, -0.15) is 0 Å². The first kappa shape index (κ1) is 9.85. The molecule has 0 radical (unpaired) electrons. The zero-order valence-electron chi connectivity index (χ0n) is 9.23. The summed E-state index contributed by atoms with van der Waals surface area (Å²) in [6, 6.07) is 8.65. The van der Waals surface area contributed by atoms with Crippen LogP contribution in [0.3, 0.4) is 0 Å². The Morgan fingerprint density at radius 1 is 1.38 bits per heavy atom. The molecule has 0 atom stereocenters. The molecule has 1 fully saturated rings. The summed E-state index contributed by atoms with van der Waals surface area (Å²) in [7, 11) is 0. The number of benzene rings is 1. The van der Waals surface area contributed by atoms with Crippen molar-refractivity contribution in [1.29, 1.82) is 0 Å². The molecule has 1 saturated carbocycles. The standard InChI is InChI=1S/C13H14N2S/c1-8-15-12(13(14)16-8)11-4-2-3-10(7-11)9-5-6-9/h2-4,7,9H,5-6,14H2,1H3. The summed E-state index contributed by atoms with van der Waals surface area (Å²) < 4.78 is 0. The van der Waals surface area contributed by atoms with Gasteiger partial charge in [-0.25, -0.2) is 4.98 Å². The van der Waals surface area contributed by atoms with Crippen LogP contribution >= 0.6 is 11.3 Å². The number of thiazole rings is 1. The van der Waals surface area contributed by atoms with Crippen LogP contribution in [0.2, 0.25) is 0 Å². The molecule has 16 heavy (non-hydrogen) atoms.